The van der Waals surface area contributed by atoms with Crippen molar-refractivity contribution in [3.63, 3.8) is 0 Å². The summed E-state index contributed by atoms with van der Waals surface area (Å²) in [5.41, 5.74) is 4.73. The van der Waals surface area contributed by atoms with Crippen molar-refractivity contribution in [1.29, 1.82) is 0 Å². The van der Waals surface area contributed by atoms with Crippen LogP contribution in [-0.4, -0.2) is 43.8 Å². The molecule has 0 aromatic heterocycles. The van der Waals surface area contributed by atoms with E-state index in [2.05, 4.69) is 43.9 Å². The second kappa shape index (κ2) is 7.92. The lowest BCUT2D eigenvalue weighted by Crippen LogP contribution is -2.49. The van der Waals surface area contributed by atoms with Crippen molar-refractivity contribution in [2.75, 3.05) is 26.2 Å². The summed E-state index contributed by atoms with van der Waals surface area (Å²) in [6.07, 6.45) is 0. The van der Waals surface area contributed by atoms with E-state index in [1.807, 2.05) is 6.92 Å². The number of aryl methyl sites for hydroxylation is 3. The third-order valence-corrected chi connectivity index (χ3v) is 7.92. The maximum Gasteiger partial charge on any atom is 0.243 e. The number of piperazine rings is 1. The topological polar surface area (TPSA) is 40.6 Å². The van der Waals surface area contributed by atoms with Crippen molar-refractivity contribution in [1.82, 2.24) is 9.21 Å². The summed E-state index contributed by atoms with van der Waals surface area (Å²) < 4.78 is 27.4. The molecule has 6 heteroatoms. The summed E-state index contributed by atoms with van der Waals surface area (Å²) in [6, 6.07) is 11.8. The highest BCUT2D eigenvalue weighted by Crippen LogP contribution is 2.27. The minimum atomic E-state index is -3.51. The zero-order valence-electron chi connectivity index (χ0n) is 16.4. The first-order valence-electron chi connectivity index (χ1n) is 9.27. The van der Waals surface area contributed by atoms with E-state index in [0.29, 0.717) is 31.2 Å². The van der Waals surface area contributed by atoms with Gasteiger partial charge in [-0.15, -0.1) is 0 Å². The predicted octanol–water partition coefficient (Wildman–Crippen LogP) is 4.33. The summed E-state index contributed by atoms with van der Waals surface area (Å²) in [6.45, 7) is 10.7. The second-order valence-corrected chi connectivity index (χ2v) is 9.72. The molecular weight excluding hydrogens is 380 g/mol. The van der Waals surface area contributed by atoms with E-state index in [9.17, 15) is 8.42 Å². The van der Waals surface area contributed by atoms with E-state index in [4.69, 9.17) is 11.6 Å². The Hall–Kier alpha value is -1.40. The second-order valence-electron chi connectivity index (χ2n) is 7.37. The third kappa shape index (κ3) is 4.21. The molecule has 0 amide bonds. The molecule has 0 saturated carbocycles. The summed E-state index contributed by atoms with van der Waals surface area (Å²) in [5.74, 6) is 0. The molecular formula is C21H27ClN2O2S. The van der Waals surface area contributed by atoms with Crippen molar-refractivity contribution < 1.29 is 8.42 Å². The fraction of sp³-hybridized carbons (Fsp3) is 0.429. The largest absolute Gasteiger partial charge is 0.294 e. The number of sulfonamides is 1. The minimum Gasteiger partial charge on any atom is -0.294 e. The third-order valence-electron chi connectivity index (χ3n) is 5.62. The standard InChI is InChI=1S/C21H27ClN2O2S/c1-15-5-7-19(13-17(15)3)18(4)23-9-11-24(12-10-23)27(25,26)20-8-6-16(2)21(22)14-20/h5-8,13-14,18H,9-12H2,1-4H3/t18-/m1/s1. The molecule has 1 fully saturated rings. The monoisotopic (exact) mass is 406 g/mol. The van der Waals surface area contributed by atoms with Crippen LogP contribution in [0.1, 0.15) is 35.2 Å². The van der Waals surface area contributed by atoms with Gasteiger partial charge in [-0.25, -0.2) is 8.42 Å². The van der Waals surface area contributed by atoms with E-state index < -0.39 is 10.0 Å². The van der Waals surface area contributed by atoms with Gasteiger partial charge in [-0.3, -0.25) is 4.90 Å². The number of nitrogens with zero attached hydrogens (tertiary/aromatic N) is 2. The zero-order chi connectivity index (χ0) is 19.8. The Bertz CT molecular complexity index is 935. The van der Waals surface area contributed by atoms with E-state index >= 15 is 0 Å². The molecule has 1 saturated heterocycles. The number of benzene rings is 2. The fourth-order valence-electron chi connectivity index (χ4n) is 3.45. The Kier molecular flexibility index (Phi) is 5.96. The maximum absolute atomic E-state index is 12.9. The first-order valence-corrected chi connectivity index (χ1v) is 11.1. The fourth-order valence-corrected chi connectivity index (χ4v) is 5.14. The molecule has 0 radical (unpaired) electrons. The van der Waals surface area contributed by atoms with Crippen LogP contribution >= 0.6 is 11.6 Å². The first-order chi connectivity index (χ1) is 12.7. The highest BCUT2D eigenvalue weighted by Gasteiger charge is 2.30. The van der Waals surface area contributed by atoms with Crippen molar-refractivity contribution >= 4 is 21.6 Å². The lowest BCUT2D eigenvalue weighted by Gasteiger charge is -2.37. The predicted molar refractivity (Wildman–Crippen MR) is 111 cm³/mol. The van der Waals surface area contributed by atoms with Gasteiger partial charge in [-0.2, -0.15) is 4.31 Å². The van der Waals surface area contributed by atoms with Gasteiger partial charge in [0.2, 0.25) is 10.0 Å². The van der Waals surface area contributed by atoms with Gasteiger partial charge in [0.25, 0.3) is 0 Å². The highest BCUT2D eigenvalue weighted by molar-refractivity contribution is 7.89. The first kappa shape index (κ1) is 20.3. The van der Waals surface area contributed by atoms with Crippen LogP contribution < -0.4 is 0 Å². The average Bonchev–Trinajstić information content (AvgIpc) is 2.65. The lowest BCUT2D eigenvalue weighted by molar-refractivity contribution is 0.146. The van der Waals surface area contributed by atoms with Gasteiger partial charge in [-0.05, 0) is 62.1 Å². The van der Waals surface area contributed by atoms with E-state index in [1.54, 1.807) is 22.5 Å². The molecule has 2 aromatic carbocycles. The highest BCUT2D eigenvalue weighted by atomic mass is 35.5. The molecule has 1 aliphatic rings. The normalized spacial score (nSPS) is 17.8. The van der Waals surface area contributed by atoms with Crippen LogP contribution in [0.3, 0.4) is 0 Å². The minimum absolute atomic E-state index is 0.267. The van der Waals surface area contributed by atoms with Crippen molar-refractivity contribution in [3.8, 4) is 0 Å². The van der Waals surface area contributed by atoms with Crippen LogP contribution in [0.5, 0.6) is 0 Å². The van der Waals surface area contributed by atoms with Gasteiger partial charge in [0.05, 0.1) is 4.90 Å². The molecule has 0 N–H and O–H groups in total. The van der Waals surface area contributed by atoms with E-state index in [0.717, 1.165) is 5.56 Å². The molecule has 0 unspecified atom stereocenters. The summed E-state index contributed by atoms with van der Waals surface area (Å²) in [5, 5.41) is 0.484. The van der Waals surface area contributed by atoms with E-state index in [1.165, 1.54) is 16.7 Å². The van der Waals surface area contributed by atoms with Gasteiger partial charge < -0.3 is 0 Å². The molecule has 27 heavy (non-hydrogen) atoms. The molecule has 4 nitrogen and oxygen atoms in total. The smallest absolute Gasteiger partial charge is 0.243 e. The molecule has 0 spiro atoms. The number of hydrogen-bond donors (Lipinski definition) is 0. The van der Waals surface area contributed by atoms with Crippen molar-refractivity contribution in [2.24, 2.45) is 0 Å². The Morgan fingerprint density at radius 3 is 2.11 bits per heavy atom. The molecule has 0 aliphatic carbocycles. The Morgan fingerprint density at radius 2 is 1.52 bits per heavy atom. The number of hydrogen-bond acceptors (Lipinski definition) is 3. The molecule has 0 bridgehead atoms. The van der Waals surface area contributed by atoms with Crippen LogP contribution in [0.15, 0.2) is 41.3 Å². The Balaban J connectivity index is 1.70. The van der Waals surface area contributed by atoms with Crippen molar-refractivity contribution in [2.45, 2.75) is 38.6 Å². The SMILES string of the molecule is Cc1ccc([C@@H](C)N2CCN(S(=O)(=O)c3ccc(C)c(Cl)c3)CC2)cc1C. The molecule has 2 aromatic rings. The summed E-state index contributed by atoms with van der Waals surface area (Å²) >= 11 is 6.12. The number of rotatable bonds is 4. The molecule has 3 rings (SSSR count). The van der Waals surface area contributed by atoms with Crippen LogP contribution in [-0.2, 0) is 10.0 Å². The van der Waals surface area contributed by atoms with Gasteiger partial charge in [0.1, 0.15) is 0 Å². The lowest BCUT2D eigenvalue weighted by atomic mass is 10.0. The van der Waals surface area contributed by atoms with Crippen molar-refractivity contribution in [3.05, 3.63) is 63.7 Å². The van der Waals surface area contributed by atoms with Gasteiger partial charge in [0.15, 0.2) is 0 Å². The van der Waals surface area contributed by atoms with Crippen LogP contribution in [0.4, 0.5) is 0 Å². The molecule has 1 heterocycles. The van der Waals surface area contributed by atoms with Crippen LogP contribution in [0.2, 0.25) is 5.02 Å². The Morgan fingerprint density at radius 1 is 0.889 bits per heavy atom. The van der Waals surface area contributed by atoms with Gasteiger partial charge in [-0.1, -0.05) is 35.9 Å². The Labute approximate surface area is 167 Å². The maximum atomic E-state index is 12.9. The summed E-state index contributed by atoms with van der Waals surface area (Å²) in [4.78, 5) is 2.62. The van der Waals surface area contributed by atoms with Crippen LogP contribution in [0.25, 0.3) is 0 Å². The molecule has 1 aliphatic heterocycles. The quantitative estimate of drug-likeness (QED) is 0.758. The zero-order valence-corrected chi connectivity index (χ0v) is 17.9. The van der Waals surface area contributed by atoms with Crippen LogP contribution in [0, 0.1) is 20.8 Å². The van der Waals surface area contributed by atoms with Gasteiger partial charge >= 0.3 is 0 Å². The number of halogens is 1. The van der Waals surface area contributed by atoms with E-state index in [-0.39, 0.29) is 10.9 Å². The van der Waals surface area contributed by atoms with Gasteiger partial charge in [0, 0.05) is 37.2 Å². The molecule has 146 valence electrons. The molecule has 1 atom stereocenters. The summed E-state index contributed by atoms with van der Waals surface area (Å²) in [7, 11) is -3.51. The average molecular weight is 407 g/mol.